The minimum absolute atomic E-state index is 0.474. The fourth-order valence-electron chi connectivity index (χ4n) is 2.47. The van der Waals surface area contributed by atoms with Crippen LogP contribution in [0.1, 0.15) is 64.6 Å². The monoisotopic (exact) mass is 289 g/mol. The lowest BCUT2D eigenvalue weighted by Crippen LogP contribution is -2.27. The Bertz CT molecular complexity index is 450. The van der Waals surface area contributed by atoms with Gasteiger partial charge >= 0.3 is 0 Å². The van der Waals surface area contributed by atoms with E-state index in [1.807, 2.05) is 0 Å². The van der Waals surface area contributed by atoms with Gasteiger partial charge in [-0.1, -0.05) is 27.7 Å². The highest BCUT2D eigenvalue weighted by Crippen LogP contribution is 2.31. The van der Waals surface area contributed by atoms with E-state index in [1.54, 1.807) is 0 Å². The van der Waals surface area contributed by atoms with Crippen molar-refractivity contribution in [2.45, 2.75) is 66.0 Å². The molecule has 118 valence electrons. The third-order valence-electron chi connectivity index (χ3n) is 4.08. The van der Waals surface area contributed by atoms with Gasteiger partial charge in [0.15, 0.2) is 0 Å². The topological polar surface area (TPSA) is 28.2 Å². The van der Waals surface area contributed by atoms with Gasteiger partial charge in [0.05, 0.1) is 0 Å². The standard InChI is InChI=1S/C18H31N3/c1-6-21(12-15-7-8-15)18-10-16(11-19-14(4)5)9-17(20-18)13(2)3/h9-10,13-15,19H,6-8,11-12H2,1-5H3. The molecule has 0 amide bonds. The van der Waals surface area contributed by atoms with Crippen LogP contribution in [0.2, 0.25) is 0 Å². The molecule has 1 aromatic rings. The lowest BCUT2D eigenvalue weighted by molar-refractivity contribution is 0.587. The van der Waals surface area contributed by atoms with E-state index in [1.165, 1.54) is 30.6 Å². The van der Waals surface area contributed by atoms with Crippen LogP contribution in [0.15, 0.2) is 12.1 Å². The maximum absolute atomic E-state index is 4.91. The van der Waals surface area contributed by atoms with Crippen LogP contribution in [0.25, 0.3) is 0 Å². The Labute approximate surface area is 130 Å². The summed E-state index contributed by atoms with van der Waals surface area (Å²) in [7, 11) is 0. The van der Waals surface area contributed by atoms with Gasteiger partial charge in [-0.15, -0.1) is 0 Å². The first-order valence-electron chi connectivity index (χ1n) is 8.48. The Morgan fingerprint density at radius 2 is 1.95 bits per heavy atom. The summed E-state index contributed by atoms with van der Waals surface area (Å²) in [6.45, 7) is 14.2. The number of nitrogens with zero attached hydrogens (tertiary/aromatic N) is 2. The maximum Gasteiger partial charge on any atom is 0.129 e. The van der Waals surface area contributed by atoms with Crippen LogP contribution in [-0.4, -0.2) is 24.1 Å². The van der Waals surface area contributed by atoms with E-state index in [4.69, 9.17) is 4.98 Å². The van der Waals surface area contributed by atoms with Crippen molar-refractivity contribution in [2.24, 2.45) is 5.92 Å². The highest BCUT2D eigenvalue weighted by Gasteiger charge is 2.24. The minimum Gasteiger partial charge on any atom is -0.357 e. The van der Waals surface area contributed by atoms with Crippen molar-refractivity contribution >= 4 is 5.82 Å². The van der Waals surface area contributed by atoms with Gasteiger partial charge in [0.1, 0.15) is 5.82 Å². The fourth-order valence-corrected chi connectivity index (χ4v) is 2.47. The molecule has 1 saturated carbocycles. The second-order valence-electron chi connectivity index (χ2n) is 6.93. The van der Waals surface area contributed by atoms with Gasteiger partial charge in [0, 0.05) is 31.4 Å². The molecular weight excluding hydrogens is 258 g/mol. The predicted octanol–water partition coefficient (Wildman–Crippen LogP) is 3.94. The first kappa shape index (κ1) is 16.3. The summed E-state index contributed by atoms with van der Waals surface area (Å²) in [5.41, 5.74) is 2.56. The van der Waals surface area contributed by atoms with E-state index in [0.717, 1.165) is 24.8 Å². The van der Waals surface area contributed by atoms with Crippen LogP contribution in [-0.2, 0) is 6.54 Å². The van der Waals surface area contributed by atoms with Crippen LogP contribution in [0.4, 0.5) is 5.82 Å². The van der Waals surface area contributed by atoms with Gasteiger partial charge in [-0.3, -0.25) is 0 Å². The molecule has 1 aromatic heterocycles. The van der Waals surface area contributed by atoms with Gasteiger partial charge in [0.2, 0.25) is 0 Å². The van der Waals surface area contributed by atoms with Gasteiger partial charge in [-0.2, -0.15) is 0 Å². The summed E-state index contributed by atoms with van der Waals surface area (Å²) < 4.78 is 0. The zero-order valence-electron chi connectivity index (χ0n) is 14.3. The molecule has 0 atom stereocenters. The maximum atomic E-state index is 4.91. The molecule has 0 aliphatic heterocycles. The SMILES string of the molecule is CCN(CC1CC1)c1cc(CNC(C)C)cc(C(C)C)n1. The van der Waals surface area contributed by atoms with Crippen molar-refractivity contribution in [3.8, 4) is 0 Å². The quantitative estimate of drug-likeness (QED) is 0.785. The largest absolute Gasteiger partial charge is 0.357 e. The summed E-state index contributed by atoms with van der Waals surface area (Å²) in [6.07, 6.45) is 2.78. The van der Waals surface area contributed by atoms with E-state index in [9.17, 15) is 0 Å². The summed E-state index contributed by atoms with van der Waals surface area (Å²) in [5, 5.41) is 3.52. The van der Waals surface area contributed by atoms with Crippen molar-refractivity contribution in [2.75, 3.05) is 18.0 Å². The van der Waals surface area contributed by atoms with Crippen molar-refractivity contribution in [1.29, 1.82) is 0 Å². The minimum atomic E-state index is 0.474. The van der Waals surface area contributed by atoms with Gasteiger partial charge in [-0.05, 0) is 49.3 Å². The van der Waals surface area contributed by atoms with Crippen LogP contribution >= 0.6 is 0 Å². The smallest absolute Gasteiger partial charge is 0.129 e. The molecule has 0 aromatic carbocycles. The number of pyridine rings is 1. The molecule has 0 spiro atoms. The molecule has 0 saturated heterocycles. The van der Waals surface area contributed by atoms with E-state index in [0.29, 0.717) is 12.0 Å². The molecular formula is C18H31N3. The highest BCUT2D eigenvalue weighted by molar-refractivity contribution is 5.43. The van der Waals surface area contributed by atoms with Gasteiger partial charge in [-0.25, -0.2) is 4.98 Å². The van der Waals surface area contributed by atoms with Crippen LogP contribution < -0.4 is 10.2 Å². The number of nitrogens with one attached hydrogen (secondary N) is 1. The molecule has 3 heteroatoms. The Balaban J connectivity index is 2.20. The molecule has 1 aliphatic carbocycles. The summed E-state index contributed by atoms with van der Waals surface area (Å²) in [6, 6.07) is 5.04. The van der Waals surface area contributed by atoms with Crippen molar-refractivity contribution in [3.05, 3.63) is 23.4 Å². The highest BCUT2D eigenvalue weighted by atomic mass is 15.2. The van der Waals surface area contributed by atoms with E-state index < -0.39 is 0 Å². The molecule has 0 radical (unpaired) electrons. The molecule has 1 aliphatic rings. The average molecular weight is 289 g/mol. The third-order valence-corrected chi connectivity index (χ3v) is 4.08. The predicted molar refractivity (Wildman–Crippen MR) is 90.9 cm³/mol. The second-order valence-corrected chi connectivity index (χ2v) is 6.93. The zero-order chi connectivity index (χ0) is 15.4. The Hall–Kier alpha value is -1.09. The number of aromatic nitrogens is 1. The number of rotatable bonds is 8. The normalized spacial score (nSPS) is 15.0. The number of hydrogen-bond acceptors (Lipinski definition) is 3. The van der Waals surface area contributed by atoms with E-state index in [2.05, 4.69) is 57.0 Å². The summed E-state index contributed by atoms with van der Waals surface area (Å²) >= 11 is 0. The molecule has 21 heavy (non-hydrogen) atoms. The number of anilines is 1. The van der Waals surface area contributed by atoms with Gasteiger partial charge < -0.3 is 10.2 Å². The van der Waals surface area contributed by atoms with Gasteiger partial charge in [0.25, 0.3) is 0 Å². The molecule has 1 heterocycles. The van der Waals surface area contributed by atoms with E-state index in [-0.39, 0.29) is 0 Å². The van der Waals surface area contributed by atoms with Crippen molar-refractivity contribution in [3.63, 3.8) is 0 Å². The van der Waals surface area contributed by atoms with E-state index >= 15 is 0 Å². The second kappa shape index (κ2) is 7.26. The summed E-state index contributed by atoms with van der Waals surface area (Å²) in [5.74, 6) is 2.53. The molecule has 1 N–H and O–H groups in total. The van der Waals surface area contributed by atoms with Crippen LogP contribution in [0, 0.1) is 5.92 Å². The van der Waals surface area contributed by atoms with Crippen molar-refractivity contribution in [1.82, 2.24) is 10.3 Å². The molecule has 0 unspecified atom stereocenters. The first-order valence-corrected chi connectivity index (χ1v) is 8.48. The fraction of sp³-hybridized carbons (Fsp3) is 0.722. The molecule has 2 rings (SSSR count). The molecule has 3 nitrogen and oxygen atoms in total. The Kier molecular flexibility index (Phi) is 5.63. The third kappa shape index (κ3) is 4.99. The molecule has 1 fully saturated rings. The first-order chi connectivity index (χ1) is 9.99. The van der Waals surface area contributed by atoms with Crippen LogP contribution in [0.3, 0.4) is 0 Å². The Morgan fingerprint density at radius 1 is 1.24 bits per heavy atom. The zero-order valence-corrected chi connectivity index (χ0v) is 14.3. The summed E-state index contributed by atoms with van der Waals surface area (Å²) in [4.78, 5) is 7.36. The van der Waals surface area contributed by atoms with Crippen molar-refractivity contribution < 1.29 is 0 Å². The lowest BCUT2D eigenvalue weighted by atomic mass is 10.1. The molecule has 0 bridgehead atoms. The average Bonchev–Trinajstić information content (AvgIpc) is 3.26. The Morgan fingerprint density at radius 3 is 2.48 bits per heavy atom. The lowest BCUT2D eigenvalue weighted by Gasteiger charge is -2.24. The van der Waals surface area contributed by atoms with Crippen LogP contribution in [0.5, 0.6) is 0 Å². The number of hydrogen-bond donors (Lipinski definition) is 1.